The Bertz CT molecular complexity index is 621. The van der Waals surface area contributed by atoms with Crippen LogP contribution in [-0.4, -0.2) is 21.9 Å². The van der Waals surface area contributed by atoms with Crippen molar-refractivity contribution in [3.8, 4) is 5.75 Å². The molecule has 0 saturated heterocycles. The first-order valence-corrected chi connectivity index (χ1v) is 7.10. The SMILES string of the molecule is NC(=O)CSc1nnc(COc2ccc(Cl)cc2Cl)o1. The number of thioether (sulfide) groups is 1. The number of nitrogens with zero attached hydrogens (tertiary/aromatic N) is 2. The van der Waals surface area contributed by atoms with Crippen LogP contribution in [-0.2, 0) is 11.4 Å². The van der Waals surface area contributed by atoms with Gasteiger partial charge in [0.2, 0.25) is 5.91 Å². The lowest BCUT2D eigenvalue weighted by molar-refractivity contribution is -0.115. The Morgan fingerprint density at radius 1 is 1.40 bits per heavy atom. The van der Waals surface area contributed by atoms with E-state index in [2.05, 4.69) is 10.2 Å². The number of benzene rings is 1. The first-order chi connectivity index (χ1) is 9.54. The molecule has 1 amide bonds. The molecule has 2 rings (SSSR count). The van der Waals surface area contributed by atoms with Gasteiger partial charge in [-0.2, -0.15) is 0 Å². The van der Waals surface area contributed by atoms with Crippen molar-refractivity contribution in [3.05, 3.63) is 34.1 Å². The molecule has 0 aliphatic heterocycles. The highest BCUT2D eigenvalue weighted by Gasteiger charge is 2.10. The molecule has 9 heteroatoms. The zero-order valence-corrected chi connectivity index (χ0v) is 12.3. The normalized spacial score (nSPS) is 10.5. The van der Waals surface area contributed by atoms with Gasteiger partial charge in [-0.1, -0.05) is 35.0 Å². The van der Waals surface area contributed by atoms with Crippen LogP contribution in [0.5, 0.6) is 5.75 Å². The minimum atomic E-state index is -0.459. The zero-order chi connectivity index (χ0) is 14.5. The van der Waals surface area contributed by atoms with Crippen molar-refractivity contribution < 1.29 is 13.9 Å². The molecular formula is C11H9Cl2N3O3S. The molecule has 1 aromatic carbocycles. The fourth-order valence-corrected chi connectivity index (χ4v) is 2.20. The molecule has 2 aromatic rings. The third-order valence-corrected chi connectivity index (χ3v) is 3.40. The van der Waals surface area contributed by atoms with Gasteiger partial charge in [0.1, 0.15) is 5.75 Å². The van der Waals surface area contributed by atoms with Crippen molar-refractivity contribution in [1.82, 2.24) is 10.2 Å². The summed E-state index contributed by atoms with van der Waals surface area (Å²) in [6, 6.07) is 4.87. The van der Waals surface area contributed by atoms with Gasteiger partial charge in [-0.3, -0.25) is 4.79 Å². The Morgan fingerprint density at radius 2 is 2.20 bits per heavy atom. The number of carbonyl (C=O) groups excluding carboxylic acids is 1. The third kappa shape index (κ3) is 4.29. The molecule has 6 nitrogen and oxygen atoms in total. The number of ether oxygens (including phenoxy) is 1. The maximum Gasteiger partial charge on any atom is 0.277 e. The Balaban J connectivity index is 1.92. The smallest absolute Gasteiger partial charge is 0.277 e. The number of rotatable bonds is 6. The number of nitrogens with two attached hydrogens (primary N) is 1. The molecule has 2 N–H and O–H groups in total. The Kier molecular flexibility index (Phi) is 5.11. The lowest BCUT2D eigenvalue weighted by atomic mass is 10.3. The maximum absolute atomic E-state index is 10.6. The van der Waals surface area contributed by atoms with Crippen molar-refractivity contribution >= 4 is 40.9 Å². The van der Waals surface area contributed by atoms with Crippen LogP contribution in [0, 0.1) is 0 Å². The summed E-state index contributed by atoms with van der Waals surface area (Å²) in [4.78, 5) is 10.6. The molecule has 0 unspecified atom stereocenters. The predicted molar refractivity (Wildman–Crippen MR) is 75.0 cm³/mol. The number of halogens is 2. The first kappa shape index (κ1) is 15.0. The lowest BCUT2D eigenvalue weighted by Gasteiger charge is -2.05. The summed E-state index contributed by atoms with van der Waals surface area (Å²) in [5.41, 5.74) is 5.01. The summed E-state index contributed by atoms with van der Waals surface area (Å²) in [5.74, 6) is 0.341. The van der Waals surface area contributed by atoms with Crippen LogP contribution >= 0.6 is 35.0 Å². The Labute approximate surface area is 128 Å². The average Bonchev–Trinajstić information content (AvgIpc) is 2.83. The second kappa shape index (κ2) is 6.83. The fourth-order valence-electron chi connectivity index (χ4n) is 1.22. The van der Waals surface area contributed by atoms with E-state index in [-0.39, 0.29) is 23.5 Å². The second-order valence-corrected chi connectivity index (χ2v) is 5.35. The zero-order valence-electron chi connectivity index (χ0n) is 10.0. The number of aromatic nitrogens is 2. The Morgan fingerprint density at radius 3 is 2.90 bits per heavy atom. The van der Waals surface area contributed by atoms with E-state index in [1.54, 1.807) is 18.2 Å². The minimum Gasteiger partial charge on any atom is -0.482 e. The van der Waals surface area contributed by atoms with Gasteiger partial charge >= 0.3 is 0 Å². The number of primary amides is 1. The molecule has 0 spiro atoms. The van der Waals surface area contributed by atoms with E-state index in [9.17, 15) is 4.79 Å². The van der Waals surface area contributed by atoms with Gasteiger partial charge in [0, 0.05) is 5.02 Å². The molecule has 1 heterocycles. The van der Waals surface area contributed by atoms with E-state index < -0.39 is 5.91 Å². The fraction of sp³-hybridized carbons (Fsp3) is 0.182. The van der Waals surface area contributed by atoms with Crippen LogP contribution in [0.3, 0.4) is 0 Å². The maximum atomic E-state index is 10.6. The third-order valence-electron chi connectivity index (χ3n) is 2.03. The quantitative estimate of drug-likeness (QED) is 0.816. The number of carbonyl (C=O) groups is 1. The summed E-state index contributed by atoms with van der Waals surface area (Å²) in [6.07, 6.45) is 0. The molecule has 0 fully saturated rings. The number of amides is 1. The van der Waals surface area contributed by atoms with E-state index in [4.69, 9.17) is 38.1 Å². The van der Waals surface area contributed by atoms with E-state index in [1.807, 2.05) is 0 Å². The molecule has 0 aliphatic rings. The van der Waals surface area contributed by atoms with Crippen molar-refractivity contribution in [1.29, 1.82) is 0 Å². The molecule has 0 saturated carbocycles. The monoisotopic (exact) mass is 333 g/mol. The summed E-state index contributed by atoms with van der Waals surface area (Å²) < 4.78 is 10.7. The molecule has 20 heavy (non-hydrogen) atoms. The van der Waals surface area contributed by atoms with E-state index >= 15 is 0 Å². The van der Waals surface area contributed by atoms with Gasteiger partial charge in [0.05, 0.1) is 10.8 Å². The van der Waals surface area contributed by atoms with Crippen LogP contribution in [0.25, 0.3) is 0 Å². The molecule has 0 radical (unpaired) electrons. The van der Waals surface area contributed by atoms with E-state index in [0.717, 1.165) is 11.8 Å². The average molecular weight is 334 g/mol. The first-order valence-electron chi connectivity index (χ1n) is 5.36. The van der Waals surface area contributed by atoms with Gasteiger partial charge in [-0.05, 0) is 18.2 Å². The number of hydrogen-bond donors (Lipinski definition) is 1. The van der Waals surface area contributed by atoms with Crippen LogP contribution in [0.15, 0.2) is 27.8 Å². The minimum absolute atomic E-state index is 0.0610. The van der Waals surface area contributed by atoms with Crippen LogP contribution in [0.4, 0.5) is 0 Å². The Hall–Kier alpha value is -1.44. The standard InChI is InChI=1S/C11H9Cl2N3O3S/c12-6-1-2-8(7(13)3-6)18-4-10-15-16-11(19-10)20-5-9(14)17/h1-3H,4-5H2,(H2,14,17). The van der Waals surface area contributed by atoms with Gasteiger partial charge in [-0.15, -0.1) is 10.2 Å². The van der Waals surface area contributed by atoms with Gasteiger partial charge in [-0.25, -0.2) is 0 Å². The van der Waals surface area contributed by atoms with Crippen LogP contribution in [0.1, 0.15) is 5.89 Å². The van der Waals surface area contributed by atoms with E-state index in [1.165, 1.54) is 0 Å². The summed E-state index contributed by atoms with van der Waals surface area (Å²) in [6.45, 7) is 0.0610. The molecular weight excluding hydrogens is 325 g/mol. The highest BCUT2D eigenvalue weighted by Crippen LogP contribution is 2.28. The van der Waals surface area contributed by atoms with E-state index in [0.29, 0.717) is 15.8 Å². The topological polar surface area (TPSA) is 91.2 Å². The predicted octanol–water partition coefficient (Wildman–Crippen LogP) is 2.53. The number of hydrogen-bond acceptors (Lipinski definition) is 6. The molecule has 0 bridgehead atoms. The molecule has 106 valence electrons. The summed E-state index contributed by atoms with van der Waals surface area (Å²) in [5, 5.41) is 8.68. The van der Waals surface area contributed by atoms with Gasteiger partial charge in [0.15, 0.2) is 6.61 Å². The van der Waals surface area contributed by atoms with Gasteiger partial charge < -0.3 is 14.9 Å². The van der Waals surface area contributed by atoms with Crippen molar-refractivity contribution in [2.45, 2.75) is 11.8 Å². The molecule has 0 aliphatic carbocycles. The highest BCUT2D eigenvalue weighted by atomic mass is 35.5. The van der Waals surface area contributed by atoms with Crippen LogP contribution < -0.4 is 10.5 Å². The lowest BCUT2D eigenvalue weighted by Crippen LogP contribution is -2.12. The largest absolute Gasteiger partial charge is 0.482 e. The van der Waals surface area contributed by atoms with Crippen LogP contribution in [0.2, 0.25) is 10.0 Å². The van der Waals surface area contributed by atoms with Crippen molar-refractivity contribution in [3.63, 3.8) is 0 Å². The summed E-state index contributed by atoms with van der Waals surface area (Å²) >= 11 is 12.8. The summed E-state index contributed by atoms with van der Waals surface area (Å²) in [7, 11) is 0. The van der Waals surface area contributed by atoms with Crippen molar-refractivity contribution in [2.24, 2.45) is 5.73 Å². The highest BCUT2D eigenvalue weighted by molar-refractivity contribution is 7.99. The molecule has 0 atom stereocenters. The molecule has 1 aromatic heterocycles. The second-order valence-electron chi connectivity index (χ2n) is 3.58. The van der Waals surface area contributed by atoms with Crippen molar-refractivity contribution in [2.75, 3.05) is 5.75 Å². The van der Waals surface area contributed by atoms with Gasteiger partial charge in [0.25, 0.3) is 11.1 Å².